The van der Waals surface area contributed by atoms with Crippen LogP contribution >= 0.6 is 11.8 Å². The fraction of sp³-hybridized carbons (Fsp3) is 0.0556. The number of hydrogen-bond acceptors (Lipinski definition) is 6. The molecule has 2 aromatic carbocycles. The van der Waals surface area contributed by atoms with Crippen LogP contribution in [-0.4, -0.2) is 24.2 Å². The molecule has 0 aliphatic carbocycles. The monoisotopic (exact) mass is 373 g/mol. The maximum atomic E-state index is 13.7. The van der Waals surface area contributed by atoms with E-state index in [1.807, 2.05) is 0 Å². The van der Waals surface area contributed by atoms with Crippen molar-refractivity contribution in [2.24, 2.45) is 0 Å². The second-order valence-corrected chi connectivity index (χ2v) is 6.15. The van der Waals surface area contributed by atoms with Crippen LogP contribution in [0.5, 0.6) is 11.5 Å². The van der Waals surface area contributed by atoms with Gasteiger partial charge >= 0.3 is 5.97 Å². The average Bonchev–Trinajstić information content (AvgIpc) is 2.93. The molecule has 0 saturated carbocycles. The molecule has 1 fully saturated rings. The minimum absolute atomic E-state index is 0.0995. The number of methoxy groups -OCH3 is 1. The van der Waals surface area contributed by atoms with Gasteiger partial charge in [-0.2, -0.15) is 0 Å². The number of carbonyl (C=O) groups is 3. The number of halogens is 1. The lowest BCUT2D eigenvalue weighted by molar-refractivity contribution is -0.115. The van der Waals surface area contributed by atoms with Gasteiger partial charge in [0.1, 0.15) is 5.82 Å². The molecule has 3 rings (SSSR count). The maximum absolute atomic E-state index is 13.7. The van der Waals surface area contributed by atoms with Crippen molar-refractivity contribution < 1.29 is 28.2 Å². The molecule has 0 radical (unpaired) electrons. The molecule has 0 unspecified atom stereocenters. The summed E-state index contributed by atoms with van der Waals surface area (Å²) in [5.74, 6) is -1.70. The van der Waals surface area contributed by atoms with Crippen LogP contribution in [0.2, 0.25) is 0 Å². The van der Waals surface area contributed by atoms with E-state index in [-0.39, 0.29) is 22.0 Å². The molecule has 8 heteroatoms. The molecule has 1 N–H and O–H groups in total. The number of thioether (sulfide) groups is 1. The van der Waals surface area contributed by atoms with Gasteiger partial charge in [0, 0.05) is 0 Å². The summed E-state index contributed by atoms with van der Waals surface area (Å²) < 4.78 is 24.1. The van der Waals surface area contributed by atoms with Crippen LogP contribution in [0, 0.1) is 5.82 Å². The Labute approximate surface area is 152 Å². The number of hydrogen-bond donors (Lipinski definition) is 1. The van der Waals surface area contributed by atoms with E-state index in [4.69, 9.17) is 9.47 Å². The number of benzene rings is 2. The third kappa shape index (κ3) is 3.75. The summed E-state index contributed by atoms with van der Waals surface area (Å²) in [6, 6.07) is 10.0. The lowest BCUT2D eigenvalue weighted by Gasteiger charge is -2.10. The lowest BCUT2D eigenvalue weighted by atomic mass is 10.1. The number of nitrogens with one attached hydrogen (secondary N) is 1. The third-order valence-electron chi connectivity index (χ3n) is 3.42. The molecule has 1 aliphatic heterocycles. The fourth-order valence-electron chi connectivity index (χ4n) is 2.21. The van der Waals surface area contributed by atoms with Gasteiger partial charge in [-0.25, -0.2) is 9.18 Å². The van der Waals surface area contributed by atoms with E-state index in [9.17, 15) is 18.8 Å². The Hall–Kier alpha value is -3.13. The Morgan fingerprint density at radius 2 is 1.92 bits per heavy atom. The Morgan fingerprint density at radius 1 is 1.15 bits per heavy atom. The van der Waals surface area contributed by atoms with Crippen LogP contribution in [0.3, 0.4) is 0 Å². The van der Waals surface area contributed by atoms with Crippen LogP contribution in [-0.2, 0) is 4.79 Å². The molecule has 0 spiro atoms. The van der Waals surface area contributed by atoms with Gasteiger partial charge in [-0.05, 0) is 47.7 Å². The highest BCUT2D eigenvalue weighted by Gasteiger charge is 2.25. The summed E-state index contributed by atoms with van der Waals surface area (Å²) in [7, 11) is 1.38. The molecular formula is C18H12FNO5S. The first kappa shape index (κ1) is 17.7. The molecule has 0 bridgehead atoms. The maximum Gasteiger partial charge on any atom is 0.346 e. The molecule has 1 heterocycles. The number of rotatable bonds is 4. The minimum Gasteiger partial charge on any atom is -0.493 e. The molecule has 0 aromatic heterocycles. The number of ether oxygens (including phenoxy) is 2. The first-order valence-electron chi connectivity index (χ1n) is 7.37. The van der Waals surface area contributed by atoms with Crippen molar-refractivity contribution in [2.45, 2.75) is 0 Å². The SMILES string of the molecule is COc1cc(/C=C2/SC(=O)NC2=O)ccc1OC(=O)c1ccccc1F. The number of esters is 1. The van der Waals surface area contributed by atoms with Crippen molar-refractivity contribution in [3.05, 3.63) is 64.3 Å². The summed E-state index contributed by atoms with van der Waals surface area (Å²) >= 11 is 0.789. The second kappa shape index (κ2) is 7.40. The first-order chi connectivity index (χ1) is 12.5. The van der Waals surface area contributed by atoms with E-state index in [1.54, 1.807) is 6.07 Å². The van der Waals surface area contributed by atoms with Crippen LogP contribution in [0.15, 0.2) is 47.4 Å². The minimum atomic E-state index is -0.858. The summed E-state index contributed by atoms with van der Waals surface area (Å²) in [5.41, 5.74) is 0.373. The topological polar surface area (TPSA) is 81.7 Å². The fourth-order valence-corrected chi connectivity index (χ4v) is 2.89. The molecule has 1 saturated heterocycles. The van der Waals surface area contributed by atoms with Crippen molar-refractivity contribution >= 4 is 35.0 Å². The zero-order valence-corrected chi connectivity index (χ0v) is 14.3. The highest BCUT2D eigenvalue weighted by Crippen LogP contribution is 2.32. The van der Waals surface area contributed by atoms with Crippen LogP contribution in [0.1, 0.15) is 15.9 Å². The summed E-state index contributed by atoms with van der Waals surface area (Å²) in [6.07, 6.45) is 1.51. The second-order valence-electron chi connectivity index (χ2n) is 5.13. The van der Waals surface area contributed by atoms with Gasteiger partial charge in [0.15, 0.2) is 11.5 Å². The van der Waals surface area contributed by atoms with E-state index >= 15 is 0 Å². The number of amides is 2. The van der Waals surface area contributed by atoms with Gasteiger partial charge in [0.25, 0.3) is 11.1 Å². The highest BCUT2D eigenvalue weighted by atomic mass is 32.2. The van der Waals surface area contributed by atoms with Crippen LogP contribution < -0.4 is 14.8 Å². The van der Waals surface area contributed by atoms with E-state index in [1.165, 1.54) is 43.5 Å². The van der Waals surface area contributed by atoms with Crippen molar-refractivity contribution in [3.8, 4) is 11.5 Å². The normalized spacial score (nSPS) is 15.1. The van der Waals surface area contributed by atoms with E-state index < -0.39 is 22.9 Å². The van der Waals surface area contributed by atoms with Crippen molar-refractivity contribution in [2.75, 3.05) is 7.11 Å². The Balaban J connectivity index is 1.85. The number of carbonyl (C=O) groups excluding carboxylic acids is 3. The van der Waals surface area contributed by atoms with E-state index in [2.05, 4.69) is 5.32 Å². The van der Waals surface area contributed by atoms with Gasteiger partial charge in [-0.3, -0.25) is 14.9 Å². The Bertz CT molecular complexity index is 941. The third-order valence-corrected chi connectivity index (χ3v) is 4.23. The smallest absolute Gasteiger partial charge is 0.346 e. The molecule has 6 nitrogen and oxygen atoms in total. The Kier molecular flexibility index (Phi) is 5.04. The van der Waals surface area contributed by atoms with Gasteiger partial charge < -0.3 is 9.47 Å². The van der Waals surface area contributed by atoms with E-state index in [0.717, 1.165) is 17.8 Å². The van der Waals surface area contributed by atoms with Crippen LogP contribution in [0.4, 0.5) is 9.18 Å². The molecule has 26 heavy (non-hydrogen) atoms. The number of imide groups is 1. The van der Waals surface area contributed by atoms with Crippen molar-refractivity contribution in [3.63, 3.8) is 0 Å². The summed E-state index contributed by atoms with van der Waals surface area (Å²) in [5, 5.41) is 1.72. The molecule has 1 aliphatic rings. The van der Waals surface area contributed by atoms with Crippen molar-refractivity contribution in [1.29, 1.82) is 0 Å². The standard InChI is InChI=1S/C18H12FNO5S/c1-24-14-8-10(9-15-16(21)20-18(23)26-15)6-7-13(14)25-17(22)11-4-2-3-5-12(11)19/h2-9H,1H3,(H,20,21,23)/b15-9+. The molecule has 2 aromatic rings. The average molecular weight is 373 g/mol. The Morgan fingerprint density at radius 3 is 2.58 bits per heavy atom. The van der Waals surface area contributed by atoms with Gasteiger partial charge in [-0.1, -0.05) is 18.2 Å². The van der Waals surface area contributed by atoms with Crippen LogP contribution in [0.25, 0.3) is 6.08 Å². The quantitative estimate of drug-likeness (QED) is 0.503. The highest BCUT2D eigenvalue weighted by molar-refractivity contribution is 8.18. The van der Waals surface area contributed by atoms with Gasteiger partial charge in [0.05, 0.1) is 17.6 Å². The predicted octanol–water partition coefficient (Wildman–Crippen LogP) is 3.38. The van der Waals surface area contributed by atoms with Gasteiger partial charge in [0.2, 0.25) is 0 Å². The van der Waals surface area contributed by atoms with Gasteiger partial charge in [-0.15, -0.1) is 0 Å². The summed E-state index contributed by atoms with van der Waals surface area (Å²) in [4.78, 5) is 35.1. The van der Waals surface area contributed by atoms with E-state index in [0.29, 0.717) is 5.56 Å². The molecule has 2 amide bonds. The lowest BCUT2D eigenvalue weighted by Crippen LogP contribution is -2.17. The zero-order chi connectivity index (χ0) is 18.7. The zero-order valence-electron chi connectivity index (χ0n) is 13.4. The first-order valence-corrected chi connectivity index (χ1v) is 8.19. The molecule has 132 valence electrons. The molecule has 0 atom stereocenters. The summed E-state index contributed by atoms with van der Waals surface area (Å²) in [6.45, 7) is 0. The molecular weight excluding hydrogens is 361 g/mol. The van der Waals surface area contributed by atoms with Crippen molar-refractivity contribution in [1.82, 2.24) is 5.32 Å². The largest absolute Gasteiger partial charge is 0.493 e. The predicted molar refractivity (Wildman–Crippen MR) is 93.5 cm³/mol.